The summed E-state index contributed by atoms with van der Waals surface area (Å²) in [6, 6.07) is 1.46. The highest BCUT2D eigenvalue weighted by Crippen LogP contribution is 2.32. The maximum absolute atomic E-state index is 14.1. The lowest BCUT2D eigenvalue weighted by Crippen LogP contribution is -2.45. The zero-order chi connectivity index (χ0) is 19.6. The van der Waals surface area contributed by atoms with Crippen LogP contribution < -0.4 is 0 Å². The molecule has 1 atom stereocenters. The fourth-order valence-electron chi connectivity index (χ4n) is 3.31. The highest BCUT2D eigenvalue weighted by atomic mass is 19.2. The fourth-order valence-corrected chi connectivity index (χ4v) is 3.31. The lowest BCUT2D eigenvalue weighted by molar-refractivity contribution is -0.379. The molecule has 0 aromatic heterocycles. The quantitative estimate of drug-likeness (QED) is 0.255. The van der Waals surface area contributed by atoms with Crippen molar-refractivity contribution < 1.29 is 27.4 Å². The lowest BCUT2D eigenvalue weighted by Gasteiger charge is -2.36. The minimum atomic E-state index is -1.36. The van der Waals surface area contributed by atoms with E-state index in [0.29, 0.717) is 12.5 Å². The van der Waals surface area contributed by atoms with Gasteiger partial charge in [-0.1, -0.05) is 45.4 Å². The lowest BCUT2D eigenvalue weighted by atomic mass is 9.90. The molecule has 0 aliphatic heterocycles. The van der Waals surface area contributed by atoms with Crippen LogP contribution in [0.3, 0.4) is 0 Å². The first-order valence-corrected chi connectivity index (χ1v) is 9.22. The Morgan fingerprint density at radius 2 is 1.35 bits per heavy atom. The maximum atomic E-state index is 14.1. The van der Waals surface area contributed by atoms with Gasteiger partial charge in [-0.2, -0.15) is 0 Å². The first kappa shape index (κ1) is 22.9. The van der Waals surface area contributed by atoms with E-state index in [0.717, 1.165) is 25.3 Å². The SMILES string of the molecule is CCCCCCCCC(Cc1cc(F)c(F)cc1F)C(OC)(OC)OC. The van der Waals surface area contributed by atoms with Gasteiger partial charge in [0.2, 0.25) is 0 Å². The topological polar surface area (TPSA) is 27.7 Å². The van der Waals surface area contributed by atoms with Crippen LogP contribution in [0.2, 0.25) is 0 Å². The average molecular weight is 376 g/mol. The van der Waals surface area contributed by atoms with E-state index in [2.05, 4.69) is 6.92 Å². The predicted molar refractivity (Wildman–Crippen MR) is 95.3 cm³/mol. The minimum absolute atomic E-state index is 0.0791. The highest BCUT2D eigenvalue weighted by molar-refractivity contribution is 5.21. The standard InChI is InChI=1S/C20H31F3O3/c1-5-6-7-8-9-10-11-16(20(24-2,25-3)26-4)12-15-13-18(22)19(23)14-17(15)21/h13-14,16H,5-12H2,1-4H3. The van der Waals surface area contributed by atoms with Crippen molar-refractivity contribution >= 4 is 0 Å². The second-order valence-corrected chi connectivity index (χ2v) is 6.53. The summed E-state index contributed by atoms with van der Waals surface area (Å²) in [5.74, 6) is -4.78. The Morgan fingerprint density at radius 1 is 0.808 bits per heavy atom. The average Bonchev–Trinajstić information content (AvgIpc) is 2.63. The van der Waals surface area contributed by atoms with E-state index in [1.54, 1.807) is 0 Å². The van der Waals surface area contributed by atoms with Crippen molar-refractivity contribution in [3.63, 3.8) is 0 Å². The van der Waals surface area contributed by atoms with Crippen LogP contribution in [0.25, 0.3) is 0 Å². The third kappa shape index (κ3) is 6.25. The predicted octanol–water partition coefficient (Wildman–Crippen LogP) is 5.61. The molecule has 0 amide bonds. The smallest absolute Gasteiger partial charge is 0.285 e. The second-order valence-electron chi connectivity index (χ2n) is 6.53. The zero-order valence-electron chi connectivity index (χ0n) is 16.2. The van der Waals surface area contributed by atoms with Gasteiger partial charge in [-0.3, -0.25) is 0 Å². The highest BCUT2D eigenvalue weighted by Gasteiger charge is 2.40. The summed E-state index contributed by atoms with van der Waals surface area (Å²) in [5.41, 5.74) is 0.0791. The van der Waals surface area contributed by atoms with E-state index >= 15 is 0 Å². The van der Waals surface area contributed by atoms with E-state index in [1.807, 2.05) is 0 Å². The van der Waals surface area contributed by atoms with Gasteiger partial charge < -0.3 is 14.2 Å². The molecule has 0 aliphatic carbocycles. The summed E-state index contributed by atoms with van der Waals surface area (Å²) in [4.78, 5) is 0. The Morgan fingerprint density at radius 3 is 1.92 bits per heavy atom. The largest absolute Gasteiger partial charge is 0.331 e. The van der Waals surface area contributed by atoms with Crippen molar-refractivity contribution in [2.24, 2.45) is 5.92 Å². The molecule has 1 aromatic rings. The summed E-state index contributed by atoms with van der Waals surface area (Å²) in [5, 5.41) is 0. The molecular formula is C20H31F3O3. The molecule has 0 aliphatic rings. The molecule has 0 saturated carbocycles. The normalized spacial score (nSPS) is 13.2. The number of unbranched alkanes of at least 4 members (excludes halogenated alkanes) is 5. The maximum Gasteiger partial charge on any atom is 0.285 e. The Kier molecular flexibility index (Phi) is 10.2. The van der Waals surface area contributed by atoms with Crippen LogP contribution in [0.1, 0.15) is 57.4 Å². The van der Waals surface area contributed by atoms with E-state index in [9.17, 15) is 13.2 Å². The monoisotopic (exact) mass is 376 g/mol. The van der Waals surface area contributed by atoms with Crippen LogP contribution in [0.4, 0.5) is 13.2 Å². The van der Waals surface area contributed by atoms with Crippen molar-refractivity contribution in [2.45, 2.75) is 64.3 Å². The Labute approximate surface area is 154 Å². The molecule has 26 heavy (non-hydrogen) atoms. The molecule has 0 spiro atoms. The van der Waals surface area contributed by atoms with Crippen LogP contribution in [-0.2, 0) is 20.6 Å². The summed E-state index contributed by atoms with van der Waals surface area (Å²) >= 11 is 0. The molecule has 1 rings (SSSR count). The van der Waals surface area contributed by atoms with Crippen molar-refractivity contribution in [3.8, 4) is 0 Å². The number of benzene rings is 1. The van der Waals surface area contributed by atoms with E-state index in [4.69, 9.17) is 14.2 Å². The molecule has 6 heteroatoms. The summed E-state index contributed by atoms with van der Waals surface area (Å²) in [6.45, 7) is 2.16. The number of rotatable bonds is 13. The van der Waals surface area contributed by atoms with Gasteiger partial charge in [0.05, 0.1) is 0 Å². The molecule has 3 nitrogen and oxygen atoms in total. The third-order valence-electron chi connectivity index (χ3n) is 4.82. The summed E-state index contributed by atoms with van der Waals surface area (Å²) in [6.07, 6.45) is 7.39. The molecule has 0 bridgehead atoms. The summed E-state index contributed by atoms with van der Waals surface area (Å²) < 4.78 is 57.1. The van der Waals surface area contributed by atoms with Crippen molar-refractivity contribution in [1.82, 2.24) is 0 Å². The van der Waals surface area contributed by atoms with Crippen LogP contribution >= 0.6 is 0 Å². The van der Waals surface area contributed by atoms with Crippen LogP contribution in [0, 0.1) is 23.4 Å². The van der Waals surface area contributed by atoms with Gasteiger partial charge in [-0.15, -0.1) is 0 Å². The van der Waals surface area contributed by atoms with Crippen molar-refractivity contribution in [1.29, 1.82) is 0 Å². The number of ether oxygens (including phenoxy) is 3. The molecule has 0 fully saturated rings. The van der Waals surface area contributed by atoms with Gasteiger partial charge in [0.25, 0.3) is 5.97 Å². The second kappa shape index (κ2) is 11.6. The van der Waals surface area contributed by atoms with Gasteiger partial charge >= 0.3 is 0 Å². The van der Waals surface area contributed by atoms with Gasteiger partial charge in [0, 0.05) is 33.3 Å². The number of methoxy groups -OCH3 is 3. The number of hydrogen-bond donors (Lipinski definition) is 0. The van der Waals surface area contributed by atoms with Gasteiger partial charge in [-0.25, -0.2) is 13.2 Å². The third-order valence-corrected chi connectivity index (χ3v) is 4.82. The van der Waals surface area contributed by atoms with Gasteiger partial charge in [-0.05, 0) is 24.5 Å². The van der Waals surface area contributed by atoms with Crippen LogP contribution in [0.5, 0.6) is 0 Å². The molecule has 0 N–H and O–H groups in total. The zero-order valence-corrected chi connectivity index (χ0v) is 16.2. The minimum Gasteiger partial charge on any atom is -0.331 e. The first-order valence-electron chi connectivity index (χ1n) is 9.22. The Balaban J connectivity index is 2.88. The Hall–Kier alpha value is -1.11. The van der Waals surface area contributed by atoms with Gasteiger partial charge in [0.15, 0.2) is 11.6 Å². The van der Waals surface area contributed by atoms with Gasteiger partial charge in [0.1, 0.15) is 5.82 Å². The van der Waals surface area contributed by atoms with E-state index in [1.165, 1.54) is 40.6 Å². The number of halogens is 3. The van der Waals surface area contributed by atoms with E-state index in [-0.39, 0.29) is 17.9 Å². The van der Waals surface area contributed by atoms with Crippen LogP contribution in [0.15, 0.2) is 12.1 Å². The van der Waals surface area contributed by atoms with Crippen LogP contribution in [-0.4, -0.2) is 27.3 Å². The molecule has 0 radical (unpaired) electrons. The summed E-state index contributed by atoms with van der Waals surface area (Å²) in [7, 11) is 4.34. The molecule has 1 aromatic carbocycles. The number of hydrogen-bond acceptors (Lipinski definition) is 3. The molecular weight excluding hydrogens is 345 g/mol. The Bertz CT molecular complexity index is 525. The first-order chi connectivity index (χ1) is 12.4. The van der Waals surface area contributed by atoms with E-state index < -0.39 is 23.4 Å². The van der Waals surface area contributed by atoms with Crippen molar-refractivity contribution in [3.05, 3.63) is 35.1 Å². The molecule has 0 saturated heterocycles. The molecule has 0 heterocycles. The van der Waals surface area contributed by atoms with Crippen molar-refractivity contribution in [2.75, 3.05) is 21.3 Å². The molecule has 1 unspecified atom stereocenters. The molecule has 150 valence electrons. The fraction of sp³-hybridized carbons (Fsp3) is 0.700.